The Morgan fingerprint density at radius 3 is 3.17 bits per heavy atom. The summed E-state index contributed by atoms with van der Waals surface area (Å²) in [6.07, 6.45) is 4.70. The van der Waals surface area contributed by atoms with Crippen molar-refractivity contribution in [2.45, 2.75) is 13.5 Å². The molecule has 0 aliphatic carbocycles. The van der Waals surface area contributed by atoms with Crippen molar-refractivity contribution in [3.63, 3.8) is 0 Å². The molecular weight excluding hydrogens is 158 g/mol. The van der Waals surface area contributed by atoms with E-state index in [9.17, 15) is 4.79 Å². The van der Waals surface area contributed by atoms with Gasteiger partial charge in [-0.2, -0.15) is 10.5 Å². The molecule has 0 radical (unpaired) electrons. The Labute approximate surface area is 69.7 Å². The molecular formula is C7H10N3O2+. The molecule has 0 bridgehead atoms. The van der Waals surface area contributed by atoms with Crippen LogP contribution in [-0.2, 0) is 11.4 Å². The highest BCUT2D eigenvalue weighted by molar-refractivity contribution is 5.84. The minimum Gasteiger partial charge on any atom is -0.365 e. The van der Waals surface area contributed by atoms with Crippen LogP contribution in [0.15, 0.2) is 18.6 Å². The van der Waals surface area contributed by atoms with Gasteiger partial charge in [0.1, 0.15) is 12.7 Å². The zero-order valence-electron chi connectivity index (χ0n) is 6.73. The average Bonchev–Trinajstić information content (AvgIpc) is 2.16. The number of aryl methyl sites for hydroxylation is 1. The lowest BCUT2D eigenvalue weighted by atomic mass is 10.4. The number of nitrogens with zero attached hydrogens (tertiary/aromatic N) is 2. The van der Waals surface area contributed by atoms with E-state index in [1.165, 1.54) is 6.20 Å². The molecule has 0 unspecified atom stereocenters. The number of carbonyl (C=O) groups excluding carboxylic acids is 1. The standard InChI is InChI=1S/C7H10N3O2/c1-2-10-4-3-9-5-6(10)7(11)12-8/h3-5H,2,8H2,1H3/q+1. The lowest BCUT2D eigenvalue weighted by Gasteiger charge is -1.96. The number of carbonyl (C=O) groups is 1. The number of rotatable bonds is 2. The predicted octanol–water partition coefficient (Wildman–Crippen LogP) is -0.581. The Morgan fingerprint density at radius 1 is 1.83 bits per heavy atom. The monoisotopic (exact) mass is 168 g/mol. The number of hydrogen-bond acceptors (Lipinski definition) is 4. The van der Waals surface area contributed by atoms with Crippen LogP contribution in [0.2, 0.25) is 0 Å². The fraction of sp³-hybridized carbons (Fsp3) is 0.286. The summed E-state index contributed by atoms with van der Waals surface area (Å²) < 4.78 is 1.70. The van der Waals surface area contributed by atoms with Gasteiger partial charge in [-0.15, -0.1) is 0 Å². The summed E-state index contributed by atoms with van der Waals surface area (Å²) in [4.78, 5) is 18.8. The van der Waals surface area contributed by atoms with Crippen LogP contribution in [0.1, 0.15) is 17.4 Å². The second kappa shape index (κ2) is 3.77. The molecule has 1 rings (SSSR count). The Hall–Kier alpha value is -1.49. The first-order chi connectivity index (χ1) is 5.79. The summed E-state index contributed by atoms with van der Waals surface area (Å²) in [5.41, 5.74) is 0.350. The number of nitrogens with two attached hydrogens (primary N) is 1. The van der Waals surface area contributed by atoms with Gasteiger partial charge in [0, 0.05) is 0 Å². The fourth-order valence-corrected chi connectivity index (χ4v) is 0.893. The van der Waals surface area contributed by atoms with Crippen LogP contribution in [0.25, 0.3) is 0 Å². The third-order valence-electron chi connectivity index (χ3n) is 1.50. The summed E-state index contributed by atoms with van der Waals surface area (Å²) in [7, 11) is 0. The topological polar surface area (TPSA) is 69.1 Å². The maximum atomic E-state index is 11.0. The van der Waals surface area contributed by atoms with E-state index in [1.807, 2.05) is 6.92 Å². The van der Waals surface area contributed by atoms with Gasteiger partial charge in [-0.1, -0.05) is 0 Å². The molecule has 1 heterocycles. The van der Waals surface area contributed by atoms with Crippen molar-refractivity contribution in [1.29, 1.82) is 0 Å². The van der Waals surface area contributed by atoms with Gasteiger partial charge in [-0.25, -0.2) is 4.79 Å². The summed E-state index contributed by atoms with van der Waals surface area (Å²) in [6, 6.07) is 0. The van der Waals surface area contributed by atoms with Crippen LogP contribution in [0.3, 0.4) is 0 Å². The molecule has 12 heavy (non-hydrogen) atoms. The van der Waals surface area contributed by atoms with E-state index in [1.54, 1.807) is 17.0 Å². The second-order valence-electron chi connectivity index (χ2n) is 2.15. The van der Waals surface area contributed by atoms with E-state index in [4.69, 9.17) is 5.90 Å². The average molecular weight is 168 g/mol. The van der Waals surface area contributed by atoms with Gasteiger partial charge >= 0.3 is 11.7 Å². The van der Waals surface area contributed by atoms with Gasteiger partial charge in [0.2, 0.25) is 0 Å². The van der Waals surface area contributed by atoms with Gasteiger partial charge in [0.15, 0.2) is 6.20 Å². The van der Waals surface area contributed by atoms with Crippen LogP contribution in [0, 0.1) is 0 Å². The SMILES string of the molecule is CC[n+]1ccncc1C(=O)ON. The molecule has 0 amide bonds. The maximum Gasteiger partial charge on any atom is 0.423 e. The first-order valence-electron chi connectivity index (χ1n) is 3.54. The highest BCUT2D eigenvalue weighted by Crippen LogP contribution is 1.89. The zero-order valence-corrected chi connectivity index (χ0v) is 6.73. The molecule has 0 spiro atoms. The molecule has 0 aliphatic heterocycles. The van der Waals surface area contributed by atoms with E-state index >= 15 is 0 Å². The van der Waals surface area contributed by atoms with E-state index in [0.717, 1.165) is 0 Å². The Kier molecular flexibility index (Phi) is 2.71. The van der Waals surface area contributed by atoms with E-state index in [2.05, 4.69) is 9.82 Å². The van der Waals surface area contributed by atoms with E-state index in [0.29, 0.717) is 12.2 Å². The Bertz CT molecular complexity index is 288. The second-order valence-corrected chi connectivity index (χ2v) is 2.15. The summed E-state index contributed by atoms with van der Waals surface area (Å²) in [5, 5.41) is 0. The highest BCUT2D eigenvalue weighted by Gasteiger charge is 2.18. The molecule has 0 saturated heterocycles. The predicted molar refractivity (Wildman–Crippen MR) is 39.7 cm³/mol. The van der Waals surface area contributed by atoms with Crippen molar-refractivity contribution in [3.8, 4) is 0 Å². The van der Waals surface area contributed by atoms with Crippen molar-refractivity contribution in [2.75, 3.05) is 0 Å². The van der Waals surface area contributed by atoms with Gasteiger partial charge < -0.3 is 4.84 Å². The van der Waals surface area contributed by atoms with Crippen LogP contribution < -0.4 is 10.5 Å². The quantitative estimate of drug-likeness (QED) is 0.474. The fourth-order valence-electron chi connectivity index (χ4n) is 0.893. The molecule has 1 aromatic heterocycles. The normalized spacial score (nSPS) is 9.50. The third kappa shape index (κ3) is 1.57. The molecule has 0 aromatic carbocycles. The van der Waals surface area contributed by atoms with Crippen molar-refractivity contribution >= 4 is 5.97 Å². The first-order valence-corrected chi connectivity index (χ1v) is 3.54. The molecule has 2 N–H and O–H groups in total. The van der Waals surface area contributed by atoms with E-state index < -0.39 is 5.97 Å². The third-order valence-corrected chi connectivity index (χ3v) is 1.50. The summed E-state index contributed by atoms with van der Waals surface area (Å²) in [6.45, 7) is 2.58. The number of aromatic nitrogens is 2. The zero-order chi connectivity index (χ0) is 8.97. The number of hydrogen-bond donors (Lipinski definition) is 1. The highest BCUT2D eigenvalue weighted by atomic mass is 16.7. The molecule has 64 valence electrons. The minimum absolute atomic E-state index is 0.350. The lowest BCUT2D eigenvalue weighted by molar-refractivity contribution is -0.696. The van der Waals surface area contributed by atoms with Crippen LogP contribution in [-0.4, -0.2) is 11.0 Å². The van der Waals surface area contributed by atoms with Gasteiger partial charge in [-0.05, 0) is 6.92 Å². The molecule has 5 heteroatoms. The van der Waals surface area contributed by atoms with E-state index in [-0.39, 0.29) is 0 Å². The summed E-state index contributed by atoms with van der Waals surface area (Å²) in [5.74, 6) is 4.16. The van der Waals surface area contributed by atoms with Crippen molar-refractivity contribution < 1.29 is 14.2 Å². The lowest BCUT2D eigenvalue weighted by Crippen LogP contribution is -2.40. The van der Waals surface area contributed by atoms with Gasteiger partial charge in [0.25, 0.3) is 0 Å². The minimum atomic E-state index is -0.579. The summed E-state index contributed by atoms with van der Waals surface area (Å²) >= 11 is 0. The molecule has 0 aliphatic rings. The maximum absolute atomic E-state index is 11.0. The van der Waals surface area contributed by atoms with Gasteiger partial charge in [0.05, 0.1) is 6.20 Å². The largest absolute Gasteiger partial charge is 0.423 e. The van der Waals surface area contributed by atoms with Gasteiger partial charge in [-0.3, -0.25) is 4.98 Å². The molecule has 0 atom stereocenters. The Balaban J connectivity index is 3.04. The van der Waals surface area contributed by atoms with Crippen molar-refractivity contribution in [2.24, 2.45) is 5.90 Å². The Morgan fingerprint density at radius 2 is 2.58 bits per heavy atom. The molecule has 0 fully saturated rings. The molecule has 5 nitrogen and oxygen atoms in total. The van der Waals surface area contributed by atoms with Crippen molar-refractivity contribution in [3.05, 3.63) is 24.3 Å². The van der Waals surface area contributed by atoms with Crippen molar-refractivity contribution in [1.82, 2.24) is 4.98 Å². The molecule has 0 saturated carbocycles. The molecule has 1 aromatic rings. The first kappa shape index (κ1) is 8.61. The van der Waals surface area contributed by atoms with Crippen LogP contribution in [0.4, 0.5) is 0 Å². The van der Waals surface area contributed by atoms with Crippen LogP contribution in [0.5, 0.6) is 0 Å². The van der Waals surface area contributed by atoms with Crippen LogP contribution >= 0.6 is 0 Å². The smallest absolute Gasteiger partial charge is 0.365 e.